The molecule has 1 amide bonds. The monoisotopic (exact) mass is 267 g/mol. The van der Waals surface area contributed by atoms with Gasteiger partial charge in [-0.2, -0.15) is 0 Å². The van der Waals surface area contributed by atoms with E-state index in [-0.39, 0.29) is 24.6 Å². The lowest BCUT2D eigenvalue weighted by atomic mass is 10.2. The van der Waals surface area contributed by atoms with E-state index in [0.29, 0.717) is 19.7 Å². The van der Waals surface area contributed by atoms with E-state index in [1.54, 1.807) is 15.8 Å². The van der Waals surface area contributed by atoms with Crippen LogP contribution in [0.1, 0.15) is 32.0 Å². The van der Waals surface area contributed by atoms with E-state index in [9.17, 15) is 4.79 Å². The van der Waals surface area contributed by atoms with Gasteiger partial charge in [0.25, 0.3) is 0 Å². The van der Waals surface area contributed by atoms with Crippen LogP contribution in [0.2, 0.25) is 0 Å². The lowest BCUT2D eigenvalue weighted by Crippen LogP contribution is -2.45. The minimum atomic E-state index is -0.118. The Labute approximate surface area is 112 Å². The third-order valence-corrected chi connectivity index (χ3v) is 3.27. The molecule has 0 aromatic carbocycles. The molecule has 1 fully saturated rings. The lowest BCUT2D eigenvalue weighted by molar-refractivity contribution is -0.139. The Morgan fingerprint density at radius 1 is 1.68 bits per heavy atom. The van der Waals surface area contributed by atoms with Crippen LogP contribution in [0.5, 0.6) is 0 Å². The molecule has 0 saturated carbocycles. The first-order valence-electron chi connectivity index (χ1n) is 6.65. The van der Waals surface area contributed by atoms with Crippen molar-refractivity contribution in [3.63, 3.8) is 0 Å². The van der Waals surface area contributed by atoms with Crippen molar-refractivity contribution < 1.29 is 9.53 Å². The Hall–Kier alpha value is -1.47. The zero-order chi connectivity index (χ0) is 13.8. The number of rotatable bonds is 4. The number of nitrogens with two attached hydrogens (primary N) is 1. The van der Waals surface area contributed by atoms with Crippen LogP contribution >= 0.6 is 0 Å². The SMILES string of the molecule is CCC(N)c1cn(CC(=O)N2CCOC(C)C2)nn1. The van der Waals surface area contributed by atoms with Gasteiger partial charge in [0.2, 0.25) is 5.91 Å². The van der Waals surface area contributed by atoms with E-state index in [1.807, 2.05) is 13.8 Å². The highest BCUT2D eigenvalue weighted by Crippen LogP contribution is 2.10. The van der Waals surface area contributed by atoms with Crippen LogP contribution in [0.25, 0.3) is 0 Å². The fourth-order valence-electron chi connectivity index (χ4n) is 2.05. The van der Waals surface area contributed by atoms with Crippen LogP contribution in [0.15, 0.2) is 6.20 Å². The number of carbonyl (C=O) groups excluding carboxylic acids is 1. The Kier molecular flexibility index (Phi) is 4.49. The third-order valence-electron chi connectivity index (χ3n) is 3.27. The standard InChI is InChI=1S/C12H21N5O2/c1-3-10(13)11-7-17(15-14-11)8-12(18)16-4-5-19-9(2)6-16/h7,9-10H,3-6,8,13H2,1-2H3. The van der Waals surface area contributed by atoms with Gasteiger partial charge in [-0.3, -0.25) is 4.79 Å². The van der Waals surface area contributed by atoms with Gasteiger partial charge in [0.1, 0.15) is 6.54 Å². The molecule has 1 aromatic rings. The zero-order valence-electron chi connectivity index (χ0n) is 11.5. The van der Waals surface area contributed by atoms with E-state index in [0.717, 1.165) is 12.1 Å². The van der Waals surface area contributed by atoms with Crippen LogP contribution in [0.4, 0.5) is 0 Å². The van der Waals surface area contributed by atoms with Gasteiger partial charge >= 0.3 is 0 Å². The van der Waals surface area contributed by atoms with Gasteiger partial charge in [-0.15, -0.1) is 5.10 Å². The van der Waals surface area contributed by atoms with Gasteiger partial charge < -0.3 is 15.4 Å². The van der Waals surface area contributed by atoms with Crippen molar-refractivity contribution in [2.45, 2.75) is 39.0 Å². The second-order valence-electron chi connectivity index (χ2n) is 4.88. The molecule has 0 bridgehead atoms. The fraction of sp³-hybridized carbons (Fsp3) is 0.750. The summed E-state index contributed by atoms with van der Waals surface area (Å²) in [6.45, 7) is 6.03. The first kappa shape index (κ1) is 14.0. The highest BCUT2D eigenvalue weighted by molar-refractivity contribution is 5.76. The summed E-state index contributed by atoms with van der Waals surface area (Å²) in [5.74, 6) is 0.0386. The van der Waals surface area contributed by atoms with E-state index >= 15 is 0 Å². The molecule has 19 heavy (non-hydrogen) atoms. The Bertz CT molecular complexity index is 434. The molecule has 7 heteroatoms. The maximum absolute atomic E-state index is 12.1. The fourth-order valence-corrected chi connectivity index (χ4v) is 2.05. The van der Waals surface area contributed by atoms with E-state index in [2.05, 4.69) is 10.3 Å². The zero-order valence-corrected chi connectivity index (χ0v) is 11.5. The molecule has 2 rings (SSSR count). The average molecular weight is 267 g/mol. The van der Waals surface area contributed by atoms with Crippen LogP contribution in [-0.4, -0.2) is 51.6 Å². The van der Waals surface area contributed by atoms with Crippen molar-refractivity contribution in [1.82, 2.24) is 19.9 Å². The third kappa shape index (κ3) is 3.51. The molecule has 2 heterocycles. The number of nitrogens with zero attached hydrogens (tertiary/aromatic N) is 4. The van der Waals surface area contributed by atoms with Crippen molar-refractivity contribution in [1.29, 1.82) is 0 Å². The normalized spacial score (nSPS) is 21.4. The molecule has 0 aliphatic carbocycles. The summed E-state index contributed by atoms with van der Waals surface area (Å²) in [4.78, 5) is 13.9. The highest BCUT2D eigenvalue weighted by atomic mass is 16.5. The van der Waals surface area contributed by atoms with Crippen molar-refractivity contribution in [3.8, 4) is 0 Å². The molecule has 7 nitrogen and oxygen atoms in total. The predicted octanol–water partition coefficient (Wildman–Crippen LogP) is -0.0648. The van der Waals surface area contributed by atoms with E-state index in [4.69, 9.17) is 10.5 Å². The Morgan fingerprint density at radius 3 is 3.16 bits per heavy atom. The molecule has 2 atom stereocenters. The van der Waals surface area contributed by atoms with Crippen molar-refractivity contribution >= 4 is 5.91 Å². The summed E-state index contributed by atoms with van der Waals surface area (Å²) in [6, 6.07) is -0.118. The van der Waals surface area contributed by atoms with Crippen LogP contribution in [0.3, 0.4) is 0 Å². The van der Waals surface area contributed by atoms with Crippen LogP contribution in [0, 0.1) is 0 Å². The quantitative estimate of drug-likeness (QED) is 0.825. The number of amides is 1. The molecule has 1 aromatic heterocycles. The van der Waals surface area contributed by atoms with Gasteiger partial charge in [-0.1, -0.05) is 12.1 Å². The summed E-state index contributed by atoms with van der Waals surface area (Å²) in [5, 5.41) is 7.94. The second kappa shape index (κ2) is 6.12. The van der Waals surface area contributed by atoms with Crippen molar-refractivity contribution in [3.05, 3.63) is 11.9 Å². The van der Waals surface area contributed by atoms with Gasteiger partial charge in [0.05, 0.1) is 30.6 Å². The molecule has 1 saturated heterocycles. The maximum atomic E-state index is 12.1. The largest absolute Gasteiger partial charge is 0.375 e. The second-order valence-corrected chi connectivity index (χ2v) is 4.88. The molecular formula is C12H21N5O2. The maximum Gasteiger partial charge on any atom is 0.244 e. The van der Waals surface area contributed by atoms with Gasteiger partial charge in [0, 0.05) is 13.1 Å². The number of hydrogen-bond donors (Lipinski definition) is 1. The number of ether oxygens (including phenoxy) is 1. The molecule has 0 spiro atoms. The minimum absolute atomic E-state index is 0.0386. The smallest absolute Gasteiger partial charge is 0.244 e. The topological polar surface area (TPSA) is 86.3 Å². The Morgan fingerprint density at radius 2 is 2.47 bits per heavy atom. The Balaban J connectivity index is 1.93. The van der Waals surface area contributed by atoms with Gasteiger partial charge in [0.15, 0.2) is 0 Å². The van der Waals surface area contributed by atoms with E-state index < -0.39 is 0 Å². The molecule has 1 aliphatic rings. The molecule has 2 unspecified atom stereocenters. The number of hydrogen-bond acceptors (Lipinski definition) is 5. The number of morpholine rings is 1. The van der Waals surface area contributed by atoms with Gasteiger partial charge in [-0.05, 0) is 13.3 Å². The van der Waals surface area contributed by atoms with Crippen molar-refractivity contribution in [2.75, 3.05) is 19.7 Å². The number of aromatic nitrogens is 3. The molecular weight excluding hydrogens is 246 g/mol. The first-order chi connectivity index (χ1) is 9.10. The summed E-state index contributed by atoms with van der Waals surface area (Å²) in [7, 11) is 0. The lowest BCUT2D eigenvalue weighted by Gasteiger charge is -2.31. The molecule has 2 N–H and O–H groups in total. The van der Waals surface area contributed by atoms with Crippen LogP contribution < -0.4 is 5.73 Å². The predicted molar refractivity (Wildman–Crippen MR) is 69.2 cm³/mol. The summed E-state index contributed by atoms with van der Waals surface area (Å²) < 4.78 is 6.96. The molecule has 1 aliphatic heterocycles. The first-order valence-corrected chi connectivity index (χ1v) is 6.65. The average Bonchev–Trinajstić information content (AvgIpc) is 2.86. The summed E-state index contributed by atoms with van der Waals surface area (Å²) >= 11 is 0. The number of carbonyl (C=O) groups is 1. The summed E-state index contributed by atoms with van der Waals surface area (Å²) in [5.41, 5.74) is 6.60. The highest BCUT2D eigenvalue weighted by Gasteiger charge is 2.22. The van der Waals surface area contributed by atoms with E-state index in [1.165, 1.54) is 0 Å². The minimum Gasteiger partial charge on any atom is -0.375 e. The van der Waals surface area contributed by atoms with Crippen LogP contribution in [-0.2, 0) is 16.1 Å². The van der Waals surface area contributed by atoms with Crippen molar-refractivity contribution in [2.24, 2.45) is 5.73 Å². The van der Waals surface area contributed by atoms with Gasteiger partial charge in [-0.25, -0.2) is 4.68 Å². The molecule has 0 radical (unpaired) electrons. The molecule has 106 valence electrons. The summed E-state index contributed by atoms with van der Waals surface area (Å²) in [6.07, 6.45) is 2.64.